The van der Waals surface area contributed by atoms with Gasteiger partial charge in [-0.05, 0) is 53.5 Å². The fourth-order valence-corrected chi connectivity index (χ4v) is 2.66. The van der Waals surface area contributed by atoms with Crippen molar-refractivity contribution in [3.05, 3.63) is 22.2 Å². The van der Waals surface area contributed by atoms with E-state index in [1.807, 2.05) is 20.0 Å². The van der Waals surface area contributed by atoms with Gasteiger partial charge in [0.1, 0.15) is 0 Å². The lowest BCUT2D eigenvalue weighted by Gasteiger charge is -2.18. The minimum Gasteiger partial charge on any atom is -0.490 e. The number of hydrogen-bond donors (Lipinski definition) is 1. The molecule has 0 atom stereocenters. The van der Waals surface area contributed by atoms with E-state index >= 15 is 0 Å². The molecule has 0 aliphatic carbocycles. The van der Waals surface area contributed by atoms with Crippen molar-refractivity contribution in [3.8, 4) is 11.5 Å². The van der Waals surface area contributed by atoms with E-state index in [9.17, 15) is 0 Å². The Hall–Kier alpha value is -0.740. The van der Waals surface area contributed by atoms with Crippen LogP contribution in [0.4, 0.5) is 0 Å². The molecular weight excluding hydrogens is 318 g/mol. The van der Waals surface area contributed by atoms with E-state index in [0.29, 0.717) is 12.5 Å². The number of hydrogen-bond acceptors (Lipinski definition) is 3. The Balaban J connectivity index is 2.91. The van der Waals surface area contributed by atoms with Crippen molar-refractivity contribution in [3.63, 3.8) is 0 Å². The molecule has 4 heteroatoms. The zero-order valence-electron chi connectivity index (χ0n) is 13.0. The van der Waals surface area contributed by atoms with Crippen LogP contribution < -0.4 is 14.8 Å². The number of halogens is 1. The standard InChI is InChI=1S/C16H26BrNO2/c1-5-12(6-2)11-20-16-14(17)8-13(10-18-4)9-15(16)19-7-3/h8-9,12,18H,5-7,10-11H2,1-4H3. The molecule has 0 bridgehead atoms. The van der Waals surface area contributed by atoms with Crippen LogP contribution in [0.3, 0.4) is 0 Å². The Morgan fingerprint density at radius 1 is 1.15 bits per heavy atom. The molecule has 114 valence electrons. The van der Waals surface area contributed by atoms with E-state index in [4.69, 9.17) is 9.47 Å². The van der Waals surface area contributed by atoms with Crippen molar-refractivity contribution in [1.29, 1.82) is 0 Å². The summed E-state index contributed by atoms with van der Waals surface area (Å²) in [5, 5.41) is 3.15. The monoisotopic (exact) mass is 343 g/mol. The van der Waals surface area contributed by atoms with Gasteiger partial charge in [0, 0.05) is 6.54 Å². The highest BCUT2D eigenvalue weighted by atomic mass is 79.9. The van der Waals surface area contributed by atoms with E-state index in [0.717, 1.165) is 42.0 Å². The maximum absolute atomic E-state index is 6.01. The first-order valence-electron chi connectivity index (χ1n) is 7.38. The molecule has 0 aromatic heterocycles. The van der Waals surface area contributed by atoms with Crippen LogP contribution in [0, 0.1) is 5.92 Å². The summed E-state index contributed by atoms with van der Waals surface area (Å²) in [6.45, 7) is 8.57. The minimum atomic E-state index is 0.591. The van der Waals surface area contributed by atoms with Crippen LogP contribution in [0.5, 0.6) is 11.5 Å². The zero-order chi connectivity index (χ0) is 15.0. The Bertz CT molecular complexity index is 406. The topological polar surface area (TPSA) is 30.5 Å². The van der Waals surface area contributed by atoms with Crippen LogP contribution >= 0.6 is 15.9 Å². The first-order valence-corrected chi connectivity index (χ1v) is 8.18. The minimum absolute atomic E-state index is 0.591. The number of rotatable bonds is 9. The highest BCUT2D eigenvalue weighted by molar-refractivity contribution is 9.10. The van der Waals surface area contributed by atoms with E-state index in [2.05, 4.69) is 41.2 Å². The smallest absolute Gasteiger partial charge is 0.175 e. The lowest BCUT2D eigenvalue weighted by Crippen LogP contribution is -2.12. The molecule has 0 saturated carbocycles. The Labute approximate surface area is 131 Å². The summed E-state index contributed by atoms with van der Waals surface area (Å²) in [6, 6.07) is 4.13. The normalized spacial score (nSPS) is 10.9. The maximum atomic E-state index is 6.01. The molecule has 0 aliphatic rings. The van der Waals surface area contributed by atoms with Gasteiger partial charge in [0.25, 0.3) is 0 Å². The third-order valence-electron chi connectivity index (χ3n) is 3.37. The van der Waals surface area contributed by atoms with Crippen molar-refractivity contribution in [1.82, 2.24) is 5.32 Å². The third-order valence-corrected chi connectivity index (χ3v) is 3.96. The largest absolute Gasteiger partial charge is 0.490 e. The summed E-state index contributed by atoms with van der Waals surface area (Å²) in [7, 11) is 1.94. The molecule has 20 heavy (non-hydrogen) atoms. The Kier molecular flexibility index (Phi) is 8.00. The highest BCUT2D eigenvalue weighted by Crippen LogP contribution is 2.37. The zero-order valence-corrected chi connectivity index (χ0v) is 14.5. The predicted molar refractivity (Wildman–Crippen MR) is 87.6 cm³/mol. The van der Waals surface area contributed by atoms with Crippen LogP contribution in [-0.4, -0.2) is 20.3 Å². The molecule has 0 heterocycles. The number of benzene rings is 1. The van der Waals surface area contributed by atoms with E-state index in [1.165, 1.54) is 5.56 Å². The van der Waals surface area contributed by atoms with Gasteiger partial charge < -0.3 is 14.8 Å². The maximum Gasteiger partial charge on any atom is 0.175 e. The van der Waals surface area contributed by atoms with Crippen LogP contribution in [0.15, 0.2) is 16.6 Å². The summed E-state index contributed by atoms with van der Waals surface area (Å²) < 4.78 is 12.7. The van der Waals surface area contributed by atoms with Crippen LogP contribution in [0.2, 0.25) is 0 Å². The second-order valence-corrected chi connectivity index (χ2v) is 5.72. The molecule has 0 unspecified atom stereocenters. The van der Waals surface area contributed by atoms with Gasteiger partial charge in [0.2, 0.25) is 0 Å². The van der Waals surface area contributed by atoms with Gasteiger partial charge in [0.05, 0.1) is 17.7 Å². The number of ether oxygens (including phenoxy) is 2. The molecule has 0 radical (unpaired) electrons. The average molecular weight is 344 g/mol. The molecule has 0 amide bonds. The second-order valence-electron chi connectivity index (χ2n) is 4.86. The molecule has 1 aromatic carbocycles. The van der Waals surface area contributed by atoms with Crippen LogP contribution in [-0.2, 0) is 6.54 Å². The first-order chi connectivity index (χ1) is 9.65. The van der Waals surface area contributed by atoms with Crippen molar-refractivity contribution in [2.75, 3.05) is 20.3 Å². The summed E-state index contributed by atoms with van der Waals surface area (Å²) in [5.74, 6) is 2.23. The summed E-state index contributed by atoms with van der Waals surface area (Å²) >= 11 is 3.60. The average Bonchev–Trinajstić information content (AvgIpc) is 2.43. The predicted octanol–water partition coefficient (Wildman–Crippen LogP) is 4.38. The molecule has 1 aromatic rings. The molecular formula is C16H26BrNO2. The summed E-state index contributed by atoms with van der Waals surface area (Å²) in [5.41, 5.74) is 1.18. The quantitative estimate of drug-likeness (QED) is 0.721. The number of nitrogens with one attached hydrogen (secondary N) is 1. The SMILES string of the molecule is CCOc1cc(CNC)cc(Br)c1OCC(CC)CC. The molecule has 0 fully saturated rings. The van der Waals surface area contributed by atoms with Crippen molar-refractivity contribution in [2.45, 2.75) is 40.2 Å². The Morgan fingerprint density at radius 3 is 2.40 bits per heavy atom. The summed E-state index contributed by atoms with van der Waals surface area (Å²) in [4.78, 5) is 0. The van der Waals surface area contributed by atoms with Crippen molar-refractivity contribution < 1.29 is 9.47 Å². The van der Waals surface area contributed by atoms with Gasteiger partial charge in [-0.15, -0.1) is 0 Å². The molecule has 3 nitrogen and oxygen atoms in total. The van der Waals surface area contributed by atoms with Gasteiger partial charge in [-0.2, -0.15) is 0 Å². The van der Waals surface area contributed by atoms with E-state index < -0.39 is 0 Å². The lowest BCUT2D eigenvalue weighted by atomic mass is 10.1. The van der Waals surface area contributed by atoms with Gasteiger partial charge in [-0.3, -0.25) is 0 Å². The second kappa shape index (κ2) is 9.24. The molecule has 0 spiro atoms. The fraction of sp³-hybridized carbons (Fsp3) is 0.625. The van der Waals surface area contributed by atoms with Crippen LogP contribution in [0.1, 0.15) is 39.2 Å². The first kappa shape index (κ1) is 17.3. The van der Waals surface area contributed by atoms with Gasteiger partial charge >= 0.3 is 0 Å². The Morgan fingerprint density at radius 2 is 1.85 bits per heavy atom. The highest BCUT2D eigenvalue weighted by Gasteiger charge is 2.14. The molecule has 1 rings (SSSR count). The lowest BCUT2D eigenvalue weighted by molar-refractivity contribution is 0.224. The van der Waals surface area contributed by atoms with E-state index in [1.54, 1.807) is 0 Å². The molecule has 1 N–H and O–H groups in total. The fourth-order valence-electron chi connectivity index (χ4n) is 2.06. The molecule has 0 saturated heterocycles. The van der Waals surface area contributed by atoms with Crippen LogP contribution in [0.25, 0.3) is 0 Å². The van der Waals surface area contributed by atoms with Crippen molar-refractivity contribution in [2.24, 2.45) is 5.92 Å². The molecule has 0 aliphatic heterocycles. The summed E-state index contributed by atoms with van der Waals surface area (Å²) in [6.07, 6.45) is 2.27. The van der Waals surface area contributed by atoms with Gasteiger partial charge in [-0.25, -0.2) is 0 Å². The van der Waals surface area contributed by atoms with Gasteiger partial charge in [0.15, 0.2) is 11.5 Å². The van der Waals surface area contributed by atoms with E-state index in [-0.39, 0.29) is 0 Å². The van der Waals surface area contributed by atoms with Crippen molar-refractivity contribution >= 4 is 15.9 Å². The third kappa shape index (κ3) is 4.98. The van der Waals surface area contributed by atoms with Gasteiger partial charge in [-0.1, -0.05) is 26.7 Å².